The zero-order valence-electron chi connectivity index (χ0n) is 11.5. The maximum Gasteiger partial charge on any atom is 0.262 e. The molecule has 0 heterocycles. The molecule has 1 fully saturated rings. The molecule has 0 unspecified atom stereocenters. The predicted octanol–water partition coefficient (Wildman–Crippen LogP) is 4.43. The molecule has 2 nitrogen and oxygen atoms in total. The standard InChI is InChI=1S/C17H19NOS/c20-17(18-15-8-2-1-3-9-15)19-16-11-10-13-6-4-5-7-14(13)12-16/h4-7,10-12,15H,1-3,8-9H2,(H,18,20). The number of benzene rings is 2. The van der Waals surface area contributed by atoms with Gasteiger partial charge in [-0.1, -0.05) is 49.6 Å². The van der Waals surface area contributed by atoms with Crippen molar-refractivity contribution in [2.24, 2.45) is 0 Å². The van der Waals surface area contributed by atoms with Crippen molar-refractivity contribution < 1.29 is 4.74 Å². The van der Waals surface area contributed by atoms with Gasteiger partial charge < -0.3 is 10.1 Å². The van der Waals surface area contributed by atoms with Gasteiger partial charge in [-0.05, 0) is 48.0 Å². The third kappa shape index (κ3) is 3.28. The van der Waals surface area contributed by atoms with E-state index in [-0.39, 0.29) is 0 Å². The Morgan fingerprint density at radius 3 is 2.55 bits per heavy atom. The maximum absolute atomic E-state index is 5.75. The van der Waals surface area contributed by atoms with Crippen molar-refractivity contribution in [3.63, 3.8) is 0 Å². The van der Waals surface area contributed by atoms with Crippen LogP contribution in [0.1, 0.15) is 32.1 Å². The van der Waals surface area contributed by atoms with Gasteiger partial charge in [-0.15, -0.1) is 0 Å². The smallest absolute Gasteiger partial charge is 0.262 e. The molecule has 0 aliphatic heterocycles. The van der Waals surface area contributed by atoms with E-state index in [2.05, 4.69) is 23.5 Å². The van der Waals surface area contributed by atoms with Crippen molar-refractivity contribution in [2.45, 2.75) is 38.1 Å². The van der Waals surface area contributed by atoms with Crippen LogP contribution >= 0.6 is 12.2 Å². The van der Waals surface area contributed by atoms with Crippen molar-refractivity contribution in [3.8, 4) is 5.75 Å². The molecule has 3 heteroatoms. The lowest BCUT2D eigenvalue weighted by Gasteiger charge is -2.23. The average Bonchev–Trinajstić information content (AvgIpc) is 2.48. The number of fused-ring (bicyclic) bond motifs is 1. The predicted molar refractivity (Wildman–Crippen MR) is 87.2 cm³/mol. The Kier molecular flexibility index (Phi) is 4.16. The minimum Gasteiger partial charge on any atom is -0.432 e. The highest BCUT2D eigenvalue weighted by molar-refractivity contribution is 7.80. The third-order valence-corrected chi connectivity index (χ3v) is 4.06. The van der Waals surface area contributed by atoms with E-state index in [0.717, 1.165) is 5.75 Å². The Bertz CT molecular complexity index is 605. The lowest BCUT2D eigenvalue weighted by Crippen LogP contribution is -2.37. The van der Waals surface area contributed by atoms with Crippen LogP contribution in [0.2, 0.25) is 0 Å². The highest BCUT2D eigenvalue weighted by Crippen LogP contribution is 2.21. The summed E-state index contributed by atoms with van der Waals surface area (Å²) in [5.74, 6) is 0.803. The van der Waals surface area contributed by atoms with E-state index in [4.69, 9.17) is 17.0 Å². The Morgan fingerprint density at radius 1 is 1.00 bits per heavy atom. The first-order valence-corrected chi connectivity index (χ1v) is 7.69. The summed E-state index contributed by atoms with van der Waals surface area (Å²) in [6.45, 7) is 0. The topological polar surface area (TPSA) is 21.3 Å². The van der Waals surface area contributed by atoms with Crippen molar-refractivity contribution in [1.29, 1.82) is 0 Å². The van der Waals surface area contributed by atoms with Crippen LogP contribution in [-0.2, 0) is 0 Å². The number of hydrogen-bond acceptors (Lipinski definition) is 2. The van der Waals surface area contributed by atoms with E-state index < -0.39 is 0 Å². The van der Waals surface area contributed by atoms with Gasteiger partial charge in [-0.25, -0.2) is 0 Å². The summed E-state index contributed by atoms with van der Waals surface area (Å²) >= 11 is 5.31. The first kappa shape index (κ1) is 13.4. The summed E-state index contributed by atoms with van der Waals surface area (Å²) in [4.78, 5) is 0. The Morgan fingerprint density at radius 2 is 1.75 bits per heavy atom. The fraction of sp³-hybridized carbons (Fsp3) is 0.353. The van der Waals surface area contributed by atoms with Crippen LogP contribution in [0.4, 0.5) is 0 Å². The molecule has 1 aliphatic carbocycles. The van der Waals surface area contributed by atoms with Crippen LogP contribution in [0.5, 0.6) is 5.75 Å². The Labute approximate surface area is 125 Å². The van der Waals surface area contributed by atoms with Crippen LogP contribution in [0.25, 0.3) is 10.8 Å². The molecule has 20 heavy (non-hydrogen) atoms. The monoisotopic (exact) mass is 285 g/mol. The lowest BCUT2D eigenvalue weighted by atomic mass is 9.96. The van der Waals surface area contributed by atoms with Crippen LogP contribution in [0.3, 0.4) is 0 Å². The molecule has 1 N–H and O–H groups in total. The third-order valence-electron chi connectivity index (χ3n) is 3.86. The summed E-state index contributed by atoms with van der Waals surface area (Å²) in [5.41, 5.74) is 0. The minimum atomic E-state index is 0.483. The van der Waals surface area contributed by atoms with E-state index in [1.807, 2.05) is 24.3 Å². The molecule has 0 amide bonds. The van der Waals surface area contributed by atoms with Gasteiger partial charge in [0.25, 0.3) is 5.17 Å². The largest absolute Gasteiger partial charge is 0.432 e. The lowest BCUT2D eigenvalue weighted by molar-refractivity contribution is 0.394. The molecular weight excluding hydrogens is 266 g/mol. The summed E-state index contributed by atoms with van der Waals surface area (Å²) in [6, 6.07) is 14.8. The molecule has 1 saturated carbocycles. The second-order valence-electron chi connectivity index (χ2n) is 5.38. The Balaban J connectivity index is 1.64. The second kappa shape index (κ2) is 6.23. The van der Waals surface area contributed by atoms with Gasteiger partial charge in [0.05, 0.1) is 0 Å². The van der Waals surface area contributed by atoms with E-state index in [1.165, 1.54) is 42.9 Å². The van der Waals surface area contributed by atoms with Gasteiger partial charge >= 0.3 is 0 Å². The van der Waals surface area contributed by atoms with E-state index in [0.29, 0.717) is 11.2 Å². The van der Waals surface area contributed by atoms with Gasteiger partial charge in [0, 0.05) is 6.04 Å². The minimum absolute atomic E-state index is 0.483. The molecule has 104 valence electrons. The summed E-state index contributed by atoms with van der Waals surface area (Å²) in [6.07, 6.45) is 6.31. The van der Waals surface area contributed by atoms with Crippen molar-refractivity contribution in [1.82, 2.24) is 5.32 Å². The van der Waals surface area contributed by atoms with E-state index in [1.54, 1.807) is 0 Å². The number of thiocarbonyl (C=S) groups is 1. The molecule has 0 saturated heterocycles. The Hall–Kier alpha value is -1.61. The molecule has 0 radical (unpaired) electrons. The van der Waals surface area contributed by atoms with Crippen molar-refractivity contribution in [2.75, 3.05) is 0 Å². The average molecular weight is 285 g/mol. The fourth-order valence-corrected chi connectivity index (χ4v) is 3.04. The number of rotatable bonds is 2. The summed E-state index contributed by atoms with van der Waals surface area (Å²) in [5, 5.41) is 6.20. The zero-order valence-corrected chi connectivity index (χ0v) is 12.3. The van der Waals surface area contributed by atoms with Gasteiger partial charge in [-0.3, -0.25) is 0 Å². The van der Waals surface area contributed by atoms with Gasteiger partial charge in [-0.2, -0.15) is 0 Å². The molecule has 3 rings (SSSR count). The maximum atomic E-state index is 5.75. The second-order valence-corrected chi connectivity index (χ2v) is 5.75. The van der Waals surface area contributed by atoms with Crippen LogP contribution in [0.15, 0.2) is 42.5 Å². The molecule has 2 aromatic carbocycles. The fourth-order valence-electron chi connectivity index (χ4n) is 2.78. The highest BCUT2D eigenvalue weighted by atomic mass is 32.1. The van der Waals surface area contributed by atoms with Crippen molar-refractivity contribution in [3.05, 3.63) is 42.5 Å². The highest BCUT2D eigenvalue weighted by Gasteiger charge is 2.14. The molecule has 0 atom stereocenters. The molecule has 1 aliphatic rings. The van der Waals surface area contributed by atoms with Crippen LogP contribution < -0.4 is 10.1 Å². The summed E-state index contributed by atoms with van der Waals surface area (Å²) < 4.78 is 5.75. The molecular formula is C17H19NOS. The van der Waals surface area contributed by atoms with E-state index >= 15 is 0 Å². The van der Waals surface area contributed by atoms with Crippen LogP contribution in [-0.4, -0.2) is 11.2 Å². The van der Waals surface area contributed by atoms with E-state index in [9.17, 15) is 0 Å². The molecule has 2 aromatic rings. The number of hydrogen-bond donors (Lipinski definition) is 1. The van der Waals surface area contributed by atoms with Gasteiger partial charge in [0.15, 0.2) is 0 Å². The first-order chi connectivity index (χ1) is 9.81. The summed E-state index contributed by atoms with van der Waals surface area (Å²) in [7, 11) is 0. The number of ether oxygens (including phenoxy) is 1. The number of nitrogens with one attached hydrogen (secondary N) is 1. The van der Waals surface area contributed by atoms with Gasteiger partial charge in [0.2, 0.25) is 0 Å². The first-order valence-electron chi connectivity index (χ1n) is 7.28. The normalized spacial score (nSPS) is 16.0. The molecule has 0 spiro atoms. The quantitative estimate of drug-likeness (QED) is 0.825. The van der Waals surface area contributed by atoms with Gasteiger partial charge in [0.1, 0.15) is 5.75 Å². The molecule has 0 aromatic heterocycles. The molecule has 0 bridgehead atoms. The zero-order chi connectivity index (χ0) is 13.8. The van der Waals surface area contributed by atoms with Crippen molar-refractivity contribution >= 4 is 28.2 Å². The van der Waals surface area contributed by atoms with Crippen LogP contribution in [0, 0.1) is 0 Å². The SMILES string of the molecule is S=C(NC1CCCCC1)Oc1ccc2ccccc2c1.